The molecule has 3 saturated carbocycles. The van der Waals surface area contributed by atoms with Crippen LogP contribution >= 0.6 is 0 Å². The molecule has 4 aliphatic rings. The van der Waals surface area contributed by atoms with Crippen LogP contribution in [0.2, 0.25) is 0 Å². The third-order valence-corrected chi connectivity index (χ3v) is 8.52. The summed E-state index contributed by atoms with van der Waals surface area (Å²) in [7, 11) is 0. The lowest BCUT2D eigenvalue weighted by Gasteiger charge is -2.59. The fourth-order valence-electron chi connectivity index (χ4n) is 7.52. The van der Waals surface area contributed by atoms with Gasteiger partial charge in [-0.3, -0.25) is 0 Å². The summed E-state index contributed by atoms with van der Waals surface area (Å²) in [4.78, 5) is 0. The Bertz CT molecular complexity index is 524. The summed E-state index contributed by atoms with van der Waals surface area (Å²) < 4.78 is 0. The van der Waals surface area contributed by atoms with Crippen molar-refractivity contribution in [2.75, 3.05) is 0 Å². The Kier molecular flexibility index (Phi) is 4.16. The van der Waals surface area contributed by atoms with E-state index in [0.29, 0.717) is 17.3 Å². The summed E-state index contributed by atoms with van der Waals surface area (Å²) in [6, 6.07) is 0. The minimum atomic E-state index is -0.116. The van der Waals surface area contributed by atoms with E-state index in [1.807, 2.05) is 0 Å². The van der Waals surface area contributed by atoms with E-state index in [-0.39, 0.29) is 17.6 Å². The van der Waals surface area contributed by atoms with Crippen LogP contribution in [-0.2, 0) is 0 Å². The molecule has 7 atom stereocenters. The van der Waals surface area contributed by atoms with Crippen LogP contribution in [-0.4, -0.2) is 22.4 Å². The van der Waals surface area contributed by atoms with Crippen molar-refractivity contribution in [2.24, 2.45) is 34.5 Å². The lowest BCUT2D eigenvalue weighted by molar-refractivity contribution is -0.0808. The first-order valence-corrected chi connectivity index (χ1v) is 10.4. The van der Waals surface area contributed by atoms with Crippen LogP contribution in [0.15, 0.2) is 11.6 Å². The zero-order chi connectivity index (χ0) is 17.1. The lowest BCUT2D eigenvalue weighted by Crippen LogP contribution is -2.52. The minimum Gasteiger partial charge on any atom is -0.393 e. The van der Waals surface area contributed by atoms with Crippen LogP contribution in [0.1, 0.15) is 78.6 Å². The second-order valence-corrected chi connectivity index (χ2v) is 10.1. The third-order valence-electron chi connectivity index (χ3n) is 8.52. The van der Waals surface area contributed by atoms with Crippen LogP contribution in [0.5, 0.6) is 0 Å². The van der Waals surface area contributed by atoms with E-state index >= 15 is 0 Å². The van der Waals surface area contributed by atoms with Crippen molar-refractivity contribution in [3.8, 4) is 0 Å². The number of aliphatic hydroxyl groups excluding tert-OH is 2. The van der Waals surface area contributed by atoms with Gasteiger partial charge >= 0.3 is 0 Å². The Balaban J connectivity index is 1.71. The van der Waals surface area contributed by atoms with Crippen molar-refractivity contribution in [1.82, 2.24) is 0 Å². The number of hydrogen-bond acceptors (Lipinski definition) is 2. The van der Waals surface area contributed by atoms with E-state index in [1.54, 1.807) is 5.57 Å². The molecule has 0 aromatic heterocycles. The van der Waals surface area contributed by atoms with E-state index in [2.05, 4.69) is 26.8 Å². The molecule has 0 spiro atoms. The number of rotatable bonds is 2. The fourth-order valence-corrected chi connectivity index (χ4v) is 7.52. The minimum absolute atomic E-state index is 0.0805. The van der Waals surface area contributed by atoms with E-state index in [1.165, 1.54) is 38.5 Å². The summed E-state index contributed by atoms with van der Waals surface area (Å²) in [6.07, 6.45) is 12.6. The first-order valence-electron chi connectivity index (χ1n) is 10.4. The van der Waals surface area contributed by atoms with Crippen molar-refractivity contribution in [3.63, 3.8) is 0 Å². The molecule has 2 N–H and O–H groups in total. The standard InChI is InChI=1S/C22H36O2/c1-14(2)13-22-11-8-16(23)12-15(22)4-5-17-18-6-7-20(24)21(18,3)10-9-19(17)22/h4,14,16-20,23-24H,5-13H2,1-3H3/t16-,17-,18-,19-,20-,21-,22+/m0/s1. The molecule has 2 nitrogen and oxygen atoms in total. The molecule has 4 aliphatic carbocycles. The molecular weight excluding hydrogens is 296 g/mol. The van der Waals surface area contributed by atoms with Crippen LogP contribution < -0.4 is 0 Å². The largest absolute Gasteiger partial charge is 0.393 e. The molecule has 136 valence electrons. The van der Waals surface area contributed by atoms with Gasteiger partial charge in [0.05, 0.1) is 12.2 Å². The highest BCUT2D eigenvalue weighted by molar-refractivity contribution is 5.26. The molecule has 3 fully saturated rings. The number of fused-ring (bicyclic) bond motifs is 5. The second kappa shape index (κ2) is 5.84. The van der Waals surface area contributed by atoms with Gasteiger partial charge in [0.2, 0.25) is 0 Å². The SMILES string of the molecule is CC(C)C[C@]12CC[C@H](O)CC1=CC[C@@H]1[C@@H]2CC[C@]2(C)[C@@H](O)CC[C@@H]12. The summed E-state index contributed by atoms with van der Waals surface area (Å²) >= 11 is 0. The fraction of sp³-hybridized carbons (Fsp3) is 0.909. The topological polar surface area (TPSA) is 40.5 Å². The molecule has 0 amide bonds. The summed E-state index contributed by atoms with van der Waals surface area (Å²) in [6.45, 7) is 7.10. The highest BCUT2D eigenvalue weighted by atomic mass is 16.3. The van der Waals surface area contributed by atoms with Gasteiger partial charge < -0.3 is 10.2 Å². The van der Waals surface area contributed by atoms with Crippen LogP contribution in [0.25, 0.3) is 0 Å². The Labute approximate surface area is 147 Å². The Morgan fingerprint density at radius 1 is 1.08 bits per heavy atom. The van der Waals surface area contributed by atoms with Gasteiger partial charge in [-0.15, -0.1) is 0 Å². The summed E-state index contributed by atoms with van der Waals surface area (Å²) in [5.41, 5.74) is 2.11. The maximum Gasteiger partial charge on any atom is 0.0596 e. The number of aliphatic hydroxyl groups is 2. The van der Waals surface area contributed by atoms with Crippen LogP contribution in [0.4, 0.5) is 0 Å². The predicted octanol–water partition coefficient (Wildman–Crippen LogP) is 4.70. The van der Waals surface area contributed by atoms with Gasteiger partial charge in [0.25, 0.3) is 0 Å². The highest BCUT2D eigenvalue weighted by Crippen LogP contribution is 2.66. The monoisotopic (exact) mass is 332 g/mol. The second-order valence-electron chi connectivity index (χ2n) is 10.1. The summed E-state index contributed by atoms with van der Waals surface area (Å²) in [5.74, 6) is 2.97. The molecule has 4 rings (SSSR count). The molecule has 0 saturated heterocycles. The molecule has 0 unspecified atom stereocenters. The van der Waals surface area contributed by atoms with Crippen LogP contribution in [0.3, 0.4) is 0 Å². The van der Waals surface area contributed by atoms with Gasteiger partial charge in [0, 0.05) is 0 Å². The van der Waals surface area contributed by atoms with Gasteiger partial charge in [0.15, 0.2) is 0 Å². The maximum absolute atomic E-state index is 10.6. The first kappa shape index (κ1) is 17.1. The molecule has 0 radical (unpaired) electrons. The molecule has 0 aromatic carbocycles. The highest BCUT2D eigenvalue weighted by Gasteiger charge is 2.59. The predicted molar refractivity (Wildman–Crippen MR) is 97.5 cm³/mol. The molecule has 0 bridgehead atoms. The normalized spacial score (nSPS) is 50.9. The van der Waals surface area contributed by atoms with Crippen LogP contribution in [0, 0.1) is 34.5 Å². The summed E-state index contributed by atoms with van der Waals surface area (Å²) in [5, 5.41) is 20.8. The van der Waals surface area contributed by atoms with Crippen molar-refractivity contribution >= 4 is 0 Å². The van der Waals surface area contributed by atoms with Crippen molar-refractivity contribution in [2.45, 2.75) is 90.8 Å². The third kappa shape index (κ3) is 2.35. The average molecular weight is 333 g/mol. The Morgan fingerprint density at radius 2 is 1.88 bits per heavy atom. The van der Waals surface area contributed by atoms with Gasteiger partial charge in [0.1, 0.15) is 0 Å². The van der Waals surface area contributed by atoms with E-state index < -0.39 is 0 Å². The molecule has 24 heavy (non-hydrogen) atoms. The number of hydrogen-bond donors (Lipinski definition) is 2. The van der Waals surface area contributed by atoms with Gasteiger partial charge in [-0.25, -0.2) is 0 Å². The van der Waals surface area contributed by atoms with E-state index in [0.717, 1.165) is 31.1 Å². The zero-order valence-corrected chi connectivity index (χ0v) is 15.8. The van der Waals surface area contributed by atoms with Gasteiger partial charge in [-0.1, -0.05) is 32.4 Å². The zero-order valence-electron chi connectivity index (χ0n) is 15.8. The van der Waals surface area contributed by atoms with Gasteiger partial charge in [-0.05, 0) is 92.3 Å². The first-order chi connectivity index (χ1) is 11.4. The van der Waals surface area contributed by atoms with Gasteiger partial charge in [-0.2, -0.15) is 0 Å². The Hall–Kier alpha value is -0.340. The maximum atomic E-state index is 10.6. The molecular formula is C22H36O2. The van der Waals surface area contributed by atoms with E-state index in [9.17, 15) is 10.2 Å². The molecule has 0 heterocycles. The number of allylic oxidation sites excluding steroid dienone is 1. The van der Waals surface area contributed by atoms with E-state index in [4.69, 9.17) is 0 Å². The lowest BCUT2D eigenvalue weighted by atomic mass is 9.46. The van der Waals surface area contributed by atoms with Crippen molar-refractivity contribution in [3.05, 3.63) is 11.6 Å². The van der Waals surface area contributed by atoms with Crippen molar-refractivity contribution < 1.29 is 10.2 Å². The quantitative estimate of drug-likeness (QED) is 0.720. The molecule has 0 aliphatic heterocycles. The molecule has 2 heteroatoms. The average Bonchev–Trinajstić information content (AvgIpc) is 2.83. The van der Waals surface area contributed by atoms with Crippen molar-refractivity contribution in [1.29, 1.82) is 0 Å². The Morgan fingerprint density at radius 3 is 2.62 bits per heavy atom. The smallest absolute Gasteiger partial charge is 0.0596 e. The molecule has 0 aromatic rings.